The topological polar surface area (TPSA) is 61.0 Å². The fraction of sp³-hybridized carbons (Fsp3) is 0.158. The van der Waals surface area contributed by atoms with Crippen LogP contribution in [0.3, 0.4) is 0 Å². The number of hydrogen-bond donors (Lipinski definition) is 1. The van der Waals surface area contributed by atoms with Gasteiger partial charge in [0.15, 0.2) is 11.6 Å². The van der Waals surface area contributed by atoms with Crippen LogP contribution < -0.4 is 10.5 Å². The Kier molecular flexibility index (Phi) is 4.61. The van der Waals surface area contributed by atoms with Gasteiger partial charge in [-0.25, -0.2) is 13.8 Å². The molecule has 0 spiro atoms. The Bertz CT molecular complexity index is 929. The molecule has 0 aliphatic heterocycles. The maximum absolute atomic E-state index is 14.1. The van der Waals surface area contributed by atoms with E-state index in [9.17, 15) is 8.78 Å². The second-order valence-electron chi connectivity index (χ2n) is 5.78. The fourth-order valence-corrected chi connectivity index (χ4v) is 2.44. The smallest absolute Gasteiger partial charge is 0.168 e. The predicted octanol–water partition coefficient (Wildman–Crippen LogP) is 4.34. The van der Waals surface area contributed by atoms with E-state index in [1.54, 1.807) is 37.5 Å². The molecule has 25 heavy (non-hydrogen) atoms. The third kappa shape index (κ3) is 3.57. The molecule has 2 aromatic heterocycles. The number of hydrogen-bond acceptors (Lipinski definition) is 4. The summed E-state index contributed by atoms with van der Waals surface area (Å²) in [5.41, 5.74) is 8.06. The zero-order valence-corrected chi connectivity index (χ0v) is 13.9. The predicted molar refractivity (Wildman–Crippen MR) is 91.6 cm³/mol. The minimum Gasteiger partial charge on any atom is -0.455 e. The molecule has 0 amide bonds. The summed E-state index contributed by atoms with van der Waals surface area (Å²) >= 11 is 0. The highest BCUT2D eigenvalue weighted by Gasteiger charge is 2.12. The third-order valence-corrected chi connectivity index (χ3v) is 4.02. The van der Waals surface area contributed by atoms with Gasteiger partial charge in [-0.1, -0.05) is 6.07 Å². The number of aryl methyl sites for hydroxylation is 1. The first-order valence-electron chi connectivity index (χ1n) is 7.72. The van der Waals surface area contributed by atoms with Crippen LogP contribution in [0.5, 0.6) is 11.5 Å². The van der Waals surface area contributed by atoms with Crippen molar-refractivity contribution in [1.82, 2.24) is 9.97 Å². The second-order valence-corrected chi connectivity index (χ2v) is 5.78. The molecule has 3 rings (SSSR count). The molecule has 0 bridgehead atoms. The molecule has 0 radical (unpaired) electrons. The average Bonchev–Trinajstić information content (AvgIpc) is 2.59. The first-order valence-corrected chi connectivity index (χ1v) is 7.72. The molecule has 2 heterocycles. The maximum atomic E-state index is 14.1. The van der Waals surface area contributed by atoms with E-state index in [0.29, 0.717) is 29.0 Å². The van der Waals surface area contributed by atoms with Gasteiger partial charge in [0.05, 0.1) is 6.20 Å². The normalized spacial score (nSPS) is 10.7. The number of aromatic nitrogens is 2. The molecule has 3 aromatic rings. The van der Waals surface area contributed by atoms with Crippen LogP contribution in [0.2, 0.25) is 0 Å². The lowest BCUT2D eigenvalue weighted by Gasteiger charge is -2.13. The Morgan fingerprint density at radius 2 is 1.88 bits per heavy atom. The van der Waals surface area contributed by atoms with Crippen LogP contribution in [0.25, 0.3) is 0 Å². The lowest BCUT2D eigenvalue weighted by atomic mass is 10.0. The highest BCUT2D eigenvalue weighted by Crippen LogP contribution is 2.29. The number of anilines is 1. The van der Waals surface area contributed by atoms with Crippen molar-refractivity contribution in [3.63, 3.8) is 0 Å². The second kappa shape index (κ2) is 6.84. The Hall–Kier alpha value is -3.02. The number of nitrogens with zero attached hydrogens (tertiary/aromatic N) is 2. The van der Waals surface area contributed by atoms with Crippen LogP contribution in [0.4, 0.5) is 14.6 Å². The summed E-state index contributed by atoms with van der Waals surface area (Å²) in [5, 5.41) is 0. The number of benzene rings is 1. The third-order valence-electron chi connectivity index (χ3n) is 4.02. The molecule has 128 valence electrons. The van der Waals surface area contributed by atoms with Crippen molar-refractivity contribution in [2.75, 3.05) is 5.73 Å². The molecule has 0 saturated heterocycles. The van der Waals surface area contributed by atoms with Crippen molar-refractivity contribution in [2.45, 2.75) is 20.3 Å². The maximum Gasteiger partial charge on any atom is 0.168 e. The monoisotopic (exact) mass is 341 g/mol. The van der Waals surface area contributed by atoms with Gasteiger partial charge in [-0.05, 0) is 48.2 Å². The Labute approximate surface area is 144 Å². The van der Waals surface area contributed by atoms with Crippen molar-refractivity contribution in [1.29, 1.82) is 0 Å². The van der Waals surface area contributed by atoms with Gasteiger partial charge in [-0.15, -0.1) is 0 Å². The Morgan fingerprint density at radius 1 is 1.08 bits per heavy atom. The van der Waals surface area contributed by atoms with E-state index in [-0.39, 0.29) is 11.6 Å². The molecule has 6 heteroatoms. The van der Waals surface area contributed by atoms with Gasteiger partial charge in [0.1, 0.15) is 17.3 Å². The molecule has 0 unspecified atom stereocenters. The summed E-state index contributed by atoms with van der Waals surface area (Å²) < 4.78 is 33.5. The van der Waals surface area contributed by atoms with Crippen LogP contribution in [-0.2, 0) is 6.42 Å². The van der Waals surface area contributed by atoms with E-state index in [1.807, 2.05) is 6.92 Å². The summed E-state index contributed by atoms with van der Waals surface area (Å²) in [7, 11) is 0. The van der Waals surface area contributed by atoms with E-state index in [1.165, 1.54) is 12.3 Å². The Morgan fingerprint density at radius 3 is 2.64 bits per heavy atom. The molecule has 0 saturated carbocycles. The first kappa shape index (κ1) is 16.8. The molecular weight excluding hydrogens is 324 g/mol. The van der Waals surface area contributed by atoms with Crippen LogP contribution in [0.1, 0.15) is 22.3 Å². The van der Waals surface area contributed by atoms with Crippen LogP contribution in [-0.4, -0.2) is 9.97 Å². The van der Waals surface area contributed by atoms with E-state index < -0.39 is 5.82 Å². The summed E-state index contributed by atoms with van der Waals surface area (Å²) in [6.45, 7) is 3.53. The van der Waals surface area contributed by atoms with E-state index in [4.69, 9.17) is 10.5 Å². The zero-order valence-electron chi connectivity index (χ0n) is 13.9. The minimum atomic E-state index is -0.533. The van der Waals surface area contributed by atoms with Crippen molar-refractivity contribution < 1.29 is 13.5 Å². The molecule has 1 aromatic carbocycles. The molecule has 2 N–H and O–H groups in total. The van der Waals surface area contributed by atoms with E-state index >= 15 is 0 Å². The number of pyridine rings is 2. The lowest BCUT2D eigenvalue weighted by molar-refractivity contribution is 0.469. The Balaban J connectivity index is 1.89. The molecule has 4 nitrogen and oxygen atoms in total. The number of rotatable bonds is 4. The standard InChI is InChI=1S/C19H17F2N3O/c1-11-3-4-15(8-16(11)20)25-17-10-23-9-14(12(17)2)7-13-5-6-24-19(22)18(13)21/h3-6,8-10H,7H2,1-2H3,(H2,22,24). The zero-order chi connectivity index (χ0) is 18.0. The number of nitrogens with two attached hydrogens (primary N) is 1. The molecule has 0 fully saturated rings. The van der Waals surface area contributed by atoms with Gasteiger partial charge in [-0.3, -0.25) is 4.98 Å². The largest absolute Gasteiger partial charge is 0.455 e. The number of halogens is 2. The van der Waals surface area contributed by atoms with Gasteiger partial charge in [0, 0.05) is 24.9 Å². The molecular formula is C19H17F2N3O. The molecule has 0 aliphatic carbocycles. The summed E-state index contributed by atoms with van der Waals surface area (Å²) in [6, 6.07) is 6.23. The summed E-state index contributed by atoms with van der Waals surface area (Å²) in [4.78, 5) is 7.86. The van der Waals surface area contributed by atoms with Crippen molar-refractivity contribution in [3.8, 4) is 11.5 Å². The fourth-order valence-electron chi connectivity index (χ4n) is 2.44. The SMILES string of the molecule is Cc1ccc(Oc2cncc(Cc3ccnc(N)c3F)c2C)cc1F. The average molecular weight is 341 g/mol. The van der Waals surface area contributed by atoms with E-state index in [2.05, 4.69) is 9.97 Å². The van der Waals surface area contributed by atoms with Gasteiger partial charge in [0.2, 0.25) is 0 Å². The lowest BCUT2D eigenvalue weighted by Crippen LogP contribution is -2.02. The van der Waals surface area contributed by atoms with Crippen molar-refractivity contribution in [3.05, 3.63) is 76.7 Å². The van der Waals surface area contributed by atoms with Crippen LogP contribution in [0, 0.1) is 25.5 Å². The first-order chi connectivity index (χ1) is 12.0. The van der Waals surface area contributed by atoms with Crippen molar-refractivity contribution >= 4 is 5.82 Å². The van der Waals surface area contributed by atoms with E-state index in [0.717, 1.165) is 11.1 Å². The van der Waals surface area contributed by atoms with Gasteiger partial charge >= 0.3 is 0 Å². The van der Waals surface area contributed by atoms with Crippen molar-refractivity contribution in [2.24, 2.45) is 0 Å². The van der Waals surface area contributed by atoms with Gasteiger partial charge in [0.25, 0.3) is 0 Å². The molecule has 0 aliphatic rings. The van der Waals surface area contributed by atoms with Crippen LogP contribution in [0.15, 0.2) is 42.9 Å². The van der Waals surface area contributed by atoms with Gasteiger partial charge < -0.3 is 10.5 Å². The summed E-state index contributed by atoms with van der Waals surface area (Å²) in [6.07, 6.45) is 4.96. The molecule has 0 atom stereocenters. The number of ether oxygens (including phenoxy) is 1. The highest BCUT2D eigenvalue weighted by molar-refractivity contribution is 5.43. The van der Waals surface area contributed by atoms with Crippen LogP contribution >= 0.6 is 0 Å². The summed E-state index contributed by atoms with van der Waals surface area (Å²) in [5.74, 6) is -0.138. The minimum absolute atomic E-state index is 0.134. The quantitative estimate of drug-likeness (QED) is 0.767. The highest BCUT2D eigenvalue weighted by atomic mass is 19.1. The number of nitrogen functional groups attached to an aromatic ring is 1. The van der Waals surface area contributed by atoms with Gasteiger partial charge in [-0.2, -0.15) is 0 Å².